The SMILES string of the molecule is CCCC(=O)O.CCCCCCCCCCCCOC(=O)CCC.O=S([O-])O. The van der Waals surface area contributed by atoms with Gasteiger partial charge < -0.3 is 18.9 Å². The average Bonchev–Trinajstić information content (AvgIpc) is 2.60. The number of hydrogen-bond donors (Lipinski definition) is 2. The summed E-state index contributed by atoms with van der Waals surface area (Å²) >= 11 is -2.86. The monoisotopic (exact) mass is 425 g/mol. The Balaban J connectivity index is -0.000000513. The molecular weight excluding hydrogens is 384 g/mol. The van der Waals surface area contributed by atoms with Crippen molar-refractivity contribution in [2.75, 3.05) is 6.61 Å². The molecule has 7 nitrogen and oxygen atoms in total. The number of hydrogen-bond acceptors (Lipinski definition) is 5. The maximum Gasteiger partial charge on any atom is 0.305 e. The van der Waals surface area contributed by atoms with Gasteiger partial charge in [0.25, 0.3) is 0 Å². The summed E-state index contributed by atoms with van der Waals surface area (Å²) in [6.45, 7) is 6.72. The Morgan fingerprint density at radius 2 is 1.18 bits per heavy atom. The first-order valence-corrected chi connectivity index (χ1v) is 11.5. The van der Waals surface area contributed by atoms with Crippen LogP contribution in [0.25, 0.3) is 0 Å². The fourth-order valence-corrected chi connectivity index (χ4v) is 2.27. The van der Waals surface area contributed by atoms with Gasteiger partial charge in [-0.15, -0.1) is 0 Å². The molecule has 0 saturated heterocycles. The Labute approximate surface area is 173 Å². The van der Waals surface area contributed by atoms with E-state index in [0.717, 1.165) is 19.3 Å². The molecule has 0 aromatic carbocycles. The highest BCUT2D eigenvalue weighted by Crippen LogP contribution is 2.10. The maximum atomic E-state index is 11.1. The minimum atomic E-state index is -2.86. The lowest BCUT2D eigenvalue weighted by molar-refractivity contribution is -0.143. The summed E-state index contributed by atoms with van der Waals surface area (Å²) in [6.07, 6.45) is 15.6. The molecule has 0 rings (SSSR count). The van der Waals surface area contributed by atoms with Gasteiger partial charge in [0.05, 0.1) is 18.0 Å². The van der Waals surface area contributed by atoms with Crippen molar-refractivity contribution in [1.82, 2.24) is 0 Å². The number of carbonyl (C=O) groups is 2. The largest absolute Gasteiger partial charge is 0.750 e. The van der Waals surface area contributed by atoms with E-state index in [4.69, 9.17) is 23.2 Å². The van der Waals surface area contributed by atoms with Crippen LogP contribution in [0.2, 0.25) is 0 Å². The number of aliphatic carboxylic acids is 1. The zero-order chi connectivity index (χ0) is 22.0. The Morgan fingerprint density at radius 3 is 1.50 bits per heavy atom. The summed E-state index contributed by atoms with van der Waals surface area (Å²) in [5.74, 6) is -0.745. The molecule has 170 valence electrons. The van der Waals surface area contributed by atoms with E-state index < -0.39 is 17.3 Å². The number of carboxylic acids is 1. The minimum Gasteiger partial charge on any atom is -0.750 e. The highest BCUT2D eigenvalue weighted by Gasteiger charge is 1.99. The summed E-state index contributed by atoms with van der Waals surface area (Å²) in [5.41, 5.74) is 0. The molecule has 0 spiro atoms. The Morgan fingerprint density at radius 1 is 0.786 bits per heavy atom. The third kappa shape index (κ3) is 44.4. The molecule has 8 heteroatoms. The Kier molecular flexibility index (Phi) is 31.9. The van der Waals surface area contributed by atoms with Crippen LogP contribution in [0.5, 0.6) is 0 Å². The summed E-state index contributed by atoms with van der Waals surface area (Å²) in [7, 11) is 0. The Bertz CT molecular complexity index is 358. The molecule has 0 heterocycles. The molecule has 1 unspecified atom stereocenters. The summed E-state index contributed by atoms with van der Waals surface area (Å²) in [5, 5.41) is 7.91. The average molecular weight is 426 g/mol. The topological polar surface area (TPSA) is 124 Å². The fourth-order valence-electron chi connectivity index (χ4n) is 2.27. The molecule has 0 fully saturated rings. The van der Waals surface area contributed by atoms with Crippen LogP contribution in [0.3, 0.4) is 0 Å². The zero-order valence-electron chi connectivity index (χ0n) is 18.0. The number of esters is 1. The second-order valence-electron chi connectivity index (χ2n) is 6.51. The minimum absolute atomic E-state index is 0.0339. The van der Waals surface area contributed by atoms with Crippen molar-refractivity contribution in [3.05, 3.63) is 0 Å². The van der Waals surface area contributed by atoms with Crippen LogP contribution in [-0.4, -0.2) is 37.0 Å². The summed E-state index contributed by atoms with van der Waals surface area (Å²) in [4.78, 5) is 20.7. The predicted molar refractivity (Wildman–Crippen MR) is 112 cm³/mol. The van der Waals surface area contributed by atoms with Gasteiger partial charge in [-0.2, -0.15) is 0 Å². The highest BCUT2D eigenvalue weighted by molar-refractivity contribution is 7.73. The quantitative estimate of drug-likeness (QED) is 0.203. The summed E-state index contributed by atoms with van der Waals surface area (Å²) in [6, 6.07) is 0. The molecule has 0 radical (unpaired) electrons. The lowest BCUT2D eigenvalue weighted by Crippen LogP contribution is -2.04. The number of carbonyl (C=O) groups excluding carboxylic acids is 1. The van der Waals surface area contributed by atoms with E-state index in [9.17, 15) is 9.59 Å². The molecule has 0 aliphatic heterocycles. The van der Waals surface area contributed by atoms with E-state index in [-0.39, 0.29) is 5.97 Å². The van der Waals surface area contributed by atoms with Gasteiger partial charge in [-0.3, -0.25) is 9.59 Å². The molecule has 0 amide bonds. The van der Waals surface area contributed by atoms with Crippen LogP contribution in [0.4, 0.5) is 0 Å². The number of unbranched alkanes of at least 4 members (excludes halogenated alkanes) is 9. The second-order valence-corrected chi connectivity index (χ2v) is 6.95. The first kappa shape index (κ1) is 31.7. The molecule has 0 aliphatic carbocycles. The van der Waals surface area contributed by atoms with Crippen LogP contribution in [0, 0.1) is 0 Å². The lowest BCUT2D eigenvalue weighted by Gasteiger charge is -2.04. The van der Waals surface area contributed by atoms with Gasteiger partial charge in [-0.05, 0) is 19.3 Å². The van der Waals surface area contributed by atoms with E-state index >= 15 is 0 Å². The van der Waals surface area contributed by atoms with E-state index in [1.54, 1.807) is 0 Å². The predicted octanol–water partition coefficient (Wildman–Crippen LogP) is 5.46. The molecule has 0 aromatic rings. The zero-order valence-corrected chi connectivity index (χ0v) is 18.8. The van der Waals surface area contributed by atoms with Gasteiger partial charge in [0.15, 0.2) is 0 Å². The molecule has 1 atom stereocenters. The van der Waals surface area contributed by atoms with Crippen molar-refractivity contribution in [3.8, 4) is 0 Å². The number of rotatable bonds is 15. The van der Waals surface area contributed by atoms with Crippen molar-refractivity contribution in [2.45, 2.75) is 111 Å². The lowest BCUT2D eigenvalue weighted by atomic mass is 10.1. The van der Waals surface area contributed by atoms with Crippen molar-refractivity contribution in [1.29, 1.82) is 0 Å². The van der Waals surface area contributed by atoms with Gasteiger partial charge in [0, 0.05) is 12.8 Å². The summed E-state index contributed by atoms with van der Waals surface area (Å²) < 4.78 is 29.2. The first-order chi connectivity index (χ1) is 13.3. The first-order valence-electron chi connectivity index (χ1n) is 10.5. The van der Waals surface area contributed by atoms with Gasteiger partial charge in [-0.1, -0.05) is 78.6 Å². The number of ether oxygens (including phenoxy) is 1. The molecule has 0 saturated carbocycles. The maximum absolute atomic E-state index is 11.1. The van der Waals surface area contributed by atoms with Crippen molar-refractivity contribution in [3.63, 3.8) is 0 Å². The van der Waals surface area contributed by atoms with Crippen LogP contribution in [-0.2, 0) is 25.7 Å². The normalized spacial score (nSPS) is 10.8. The van der Waals surface area contributed by atoms with E-state index in [2.05, 4.69) is 6.92 Å². The Hall–Kier alpha value is -0.990. The third-order valence-electron chi connectivity index (χ3n) is 3.68. The molecule has 0 aromatic heterocycles. The van der Waals surface area contributed by atoms with Crippen LogP contribution in [0.1, 0.15) is 111 Å². The smallest absolute Gasteiger partial charge is 0.305 e. The van der Waals surface area contributed by atoms with Gasteiger partial charge in [-0.25, -0.2) is 4.21 Å². The van der Waals surface area contributed by atoms with Crippen LogP contribution < -0.4 is 0 Å². The van der Waals surface area contributed by atoms with Crippen LogP contribution >= 0.6 is 0 Å². The van der Waals surface area contributed by atoms with E-state index in [1.165, 1.54) is 57.8 Å². The molecule has 2 N–H and O–H groups in total. The van der Waals surface area contributed by atoms with E-state index in [0.29, 0.717) is 19.4 Å². The van der Waals surface area contributed by atoms with Crippen LogP contribution in [0.15, 0.2) is 0 Å². The number of carboxylic acid groups (broad SMARTS) is 1. The molecule has 0 aliphatic rings. The van der Waals surface area contributed by atoms with Gasteiger partial charge in [0.2, 0.25) is 0 Å². The van der Waals surface area contributed by atoms with Crippen molar-refractivity contribution in [2.24, 2.45) is 0 Å². The van der Waals surface area contributed by atoms with Crippen molar-refractivity contribution < 1.29 is 32.7 Å². The van der Waals surface area contributed by atoms with E-state index in [1.807, 2.05) is 13.8 Å². The fraction of sp³-hybridized carbons (Fsp3) is 0.900. The highest BCUT2D eigenvalue weighted by atomic mass is 32.2. The van der Waals surface area contributed by atoms with Crippen molar-refractivity contribution >= 4 is 23.3 Å². The standard InChI is InChI=1S/C16H32O2.C4H8O2.H2O3S/c1-3-5-6-7-8-9-10-11-12-13-15-18-16(17)14-4-2;1-2-3-4(5)6;1-4(2)3/h3-15H2,1-2H3;2-3H2,1H3,(H,5,6);(H2,1,2,3)/p-1. The second kappa shape index (κ2) is 28.2. The third-order valence-corrected chi connectivity index (χ3v) is 3.68. The van der Waals surface area contributed by atoms with Gasteiger partial charge >= 0.3 is 11.9 Å². The molecule has 0 bridgehead atoms. The van der Waals surface area contributed by atoms with Gasteiger partial charge in [0.1, 0.15) is 0 Å². The molecular formula is C20H41O7S-. The molecule has 28 heavy (non-hydrogen) atoms.